The van der Waals surface area contributed by atoms with E-state index in [1.807, 2.05) is 0 Å². The first-order chi connectivity index (χ1) is 7.15. The highest BCUT2D eigenvalue weighted by Crippen LogP contribution is 1.98. The Labute approximate surface area is 89.6 Å². The van der Waals surface area contributed by atoms with Gasteiger partial charge in [-0.15, -0.1) is 12.3 Å². The molecule has 0 radical (unpaired) electrons. The molecule has 6 nitrogen and oxygen atoms in total. The van der Waals surface area contributed by atoms with Crippen molar-refractivity contribution in [1.29, 1.82) is 0 Å². The van der Waals surface area contributed by atoms with Gasteiger partial charge in [-0.3, -0.25) is 4.79 Å². The van der Waals surface area contributed by atoms with Gasteiger partial charge in [-0.2, -0.15) is 8.75 Å². The van der Waals surface area contributed by atoms with E-state index in [-0.39, 0.29) is 12.1 Å². The Balaban J connectivity index is 2.64. The summed E-state index contributed by atoms with van der Waals surface area (Å²) < 4.78 is 7.29. The summed E-state index contributed by atoms with van der Waals surface area (Å²) in [5.74, 6) is 0.403. The first-order valence-corrected chi connectivity index (χ1v) is 4.63. The Bertz CT molecular complexity index is 396. The number of nitrogens with zero attached hydrogens (tertiary/aromatic N) is 2. The molecule has 1 rings (SSSR count). The molecule has 1 amide bonds. The number of aliphatic carboxylic acids is 1. The zero-order valence-electron chi connectivity index (χ0n) is 7.51. The third kappa shape index (κ3) is 3.03. The number of hydrogen-bond acceptors (Lipinski definition) is 5. The third-order valence-electron chi connectivity index (χ3n) is 1.52. The van der Waals surface area contributed by atoms with Crippen LogP contribution in [0.4, 0.5) is 0 Å². The van der Waals surface area contributed by atoms with E-state index in [9.17, 15) is 9.59 Å². The van der Waals surface area contributed by atoms with Crippen LogP contribution in [0.1, 0.15) is 16.9 Å². The average molecular weight is 225 g/mol. The summed E-state index contributed by atoms with van der Waals surface area (Å²) in [6.07, 6.45) is 6.16. The van der Waals surface area contributed by atoms with Gasteiger partial charge in [-0.1, -0.05) is 0 Å². The molecule has 0 aliphatic carbocycles. The van der Waals surface area contributed by atoms with E-state index in [4.69, 9.17) is 11.5 Å². The predicted molar refractivity (Wildman–Crippen MR) is 52.2 cm³/mol. The van der Waals surface area contributed by atoms with E-state index in [1.54, 1.807) is 0 Å². The summed E-state index contributed by atoms with van der Waals surface area (Å²) >= 11 is 0.868. The van der Waals surface area contributed by atoms with Crippen molar-refractivity contribution in [2.24, 2.45) is 0 Å². The van der Waals surface area contributed by atoms with Gasteiger partial charge in [0.15, 0.2) is 5.69 Å². The third-order valence-corrected chi connectivity index (χ3v) is 2.00. The van der Waals surface area contributed by atoms with Gasteiger partial charge in [0.05, 0.1) is 17.9 Å². The molecular weight excluding hydrogens is 218 g/mol. The molecule has 1 heterocycles. The number of terminal acetylenes is 1. The summed E-state index contributed by atoms with van der Waals surface area (Å²) in [5.41, 5.74) is 0.0864. The zero-order chi connectivity index (χ0) is 11.3. The normalized spacial score (nSPS) is 11.4. The van der Waals surface area contributed by atoms with Crippen LogP contribution >= 0.6 is 11.7 Å². The van der Waals surface area contributed by atoms with Crippen LogP contribution in [-0.2, 0) is 4.79 Å². The summed E-state index contributed by atoms with van der Waals surface area (Å²) in [5, 5.41) is 11.0. The van der Waals surface area contributed by atoms with Crippen molar-refractivity contribution in [2.75, 3.05) is 0 Å². The van der Waals surface area contributed by atoms with E-state index in [0.29, 0.717) is 0 Å². The van der Waals surface area contributed by atoms with Crippen LogP contribution in [0.5, 0.6) is 0 Å². The smallest absolute Gasteiger partial charge is 0.327 e. The minimum Gasteiger partial charge on any atom is -0.480 e. The number of hydrogen-bond donors (Lipinski definition) is 2. The number of rotatable bonds is 4. The molecule has 0 aliphatic rings. The van der Waals surface area contributed by atoms with Crippen molar-refractivity contribution in [3.8, 4) is 12.3 Å². The molecule has 1 aromatic rings. The number of carbonyl (C=O) groups is 2. The first kappa shape index (κ1) is 11.1. The molecule has 0 saturated heterocycles. The molecule has 0 aliphatic heterocycles. The molecule has 0 fully saturated rings. The minimum atomic E-state index is -1.18. The fourth-order valence-electron chi connectivity index (χ4n) is 0.815. The lowest BCUT2D eigenvalue weighted by Gasteiger charge is -2.09. The maximum atomic E-state index is 11.4. The SMILES string of the molecule is C#CCC(NC(=O)c1cnsn1)C(=O)O. The quantitative estimate of drug-likeness (QED) is 0.689. The Hall–Kier alpha value is -1.94. The van der Waals surface area contributed by atoms with Crippen LogP contribution in [-0.4, -0.2) is 31.8 Å². The van der Waals surface area contributed by atoms with Gasteiger partial charge in [-0.25, -0.2) is 4.79 Å². The highest BCUT2D eigenvalue weighted by atomic mass is 32.1. The van der Waals surface area contributed by atoms with Crippen molar-refractivity contribution >= 4 is 23.6 Å². The van der Waals surface area contributed by atoms with E-state index in [0.717, 1.165) is 11.7 Å². The Morgan fingerprint density at radius 3 is 2.93 bits per heavy atom. The lowest BCUT2D eigenvalue weighted by atomic mass is 10.2. The van der Waals surface area contributed by atoms with E-state index < -0.39 is 17.9 Å². The number of carboxylic acids is 1. The maximum absolute atomic E-state index is 11.4. The molecule has 1 aromatic heterocycles. The fraction of sp³-hybridized carbons (Fsp3) is 0.250. The molecule has 0 spiro atoms. The van der Waals surface area contributed by atoms with Crippen LogP contribution in [0.3, 0.4) is 0 Å². The predicted octanol–water partition coefficient (Wildman–Crippen LogP) is -0.256. The Morgan fingerprint density at radius 2 is 2.47 bits per heavy atom. The molecule has 0 aromatic carbocycles. The van der Waals surface area contributed by atoms with Crippen LogP contribution in [0, 0.1) is 12.3 Å². The van der Waals surface area contributed by atoms with Gasteiger partial charge in [0.25, 0.3) is 5.91 Å². The highest BCUT2D eigenvalue weighted by Gasteiger charge is 2.20. The molecular formula is C8H7N3O3S. The van der Waals surface area contributed by atoms with Crippen LogP contribution < -0.4 is 5.32 Å². The molecule has 1 unspecified atom stereocenters. The van der Waals surface area contributed by atoms with Crippen molar-refractivity contribution < 1.29 is 14.7 Å². The van der Waals surface area contributed by atoms with E-state index >= 15 is 0 Å². The monoisotopic (exact) mass is 225 g/mol. The van der Waals surface area contributed by atoms with Gasteiger partial charge < -0.3 is 10.4 Å². The van der Waals surface area contributed by atoms with Gasteiger partial charge >= 0.3 is 5.97 Å². The first-order valence-electron chi connectivity index (χ1n) is 3.90. The van der Waals surface area contributed by atoms with Gasteiger partial charge in [0, 0.05) is 6.42 Å². The number of nitrogens with one attached hydrogen (secondary N) is 1. The zero-order valence-corrected chi connectivity index (χ0v) is 8.32. The number of carbonyl (C=O) groups excluding carboxylic acids is 1. The lowest BCUT2D eigenvalue weighted by molar-refractivity contribution is -0.139. The molecule has 78 valence electrons. The van der Waals surface area contributed by atoms with Crippen LogP contribution in [0.25, 0.3) is 0 Å². The second-order valence-corrected chi connectivity index (χ2v) is 3.12. The average Bonchev–Trinajstić information content (AvgIpc) is 2.69. The van der Waals surface area contributed by atoms with Crippen molar-refractivity contribution in [1.82, 2.24) is 14.1 Å². The largest absolute Gasteiger partial charge is 0.480 e. The standard InChI is InChI=1S/C8H7N3O3S/c1-2-3-5(8(13)14)10-7(12)6-4-9-15-11-6/h1,4-5H,3H2,(H,10,12)(H,13,14). The van der Waals surface area contributed by atoms with Gasteiger partial charge in [0.2, 0.25) is 0 Å². The van der Waals surface area contributed by atoms with E-state index in [1.165, 1.54) is 6.20 Å². The summed E-state index contributed by atoms with van der Waals surface area (Å²) in [4.78, 5) is 22.0. The Kier molecular flexibility index (Phi) is 3.76. The van der Waals surface area contributed by atoms with Crippen LogP contribution in [0.15, 0.2) is 6.20 Å². The molecule has 15 heavy (non-hydrogen) atoms. The van der Waals surface area contributed by atoms with Crippen molar-refractivity contribution in [2.45, 2.75) is 12.5 Å². The number of carboxylic acid groups (broad SMARTS) is 1. The van der Waals surface area contributed by atoms with E-state index in [2.05, 4.69) is 20.0 Å². The summed E-state index contributed by atoms with van der Waals surface area (Å²) in [6, 6.07) is -1.09. The van der Waals surface area contributed by atoms with Crippen LogP contribution in [0.2, 0.25) is 0 Å². The second kappa shape index (κ2) is 5.07. The fourth-order valence-corrected chi connectivity index (χ4v) is 1.23. The van der Waals surface area contributed by atoms with Crippen molar-refractivity contribution in [3.63, 3.8) is 0 Å². The molecule has 0 bridgehead atoms. The molecule has 7 heteroatoms. The summed E-state index contributed by atoms with van der Waals surface area (Å²) in [7, 11) is 0. The Morgan fingerprint density at radius 1 is 1.73 bits per heavy atom. The lowest BCUT2D eigenvalue weighted by Crippen LogP contribution is -2.40. The molecule has 0 saturated carbocycles. The number of aromatic nitrogens is 2. The number of amides is 1. The minimum absolute atomic E-state index is 0.0708. The molecule has 1 atom stereocenters. The van der Waals surface area contributed by atoms with Crippen molar-refractivity contribution in [3.05, 3.63) is 11.9 Å². The molecule has 2 N–H and O–H groups in total. The maximum Gasteiger partial charge on any atom is 0.327 e. The highest BCUT2D eigenvalue weighted by molar-refractivity contribution is 6.99. The van der Waals surface area contributed by atoms with Gasteiger partial charge in [0.1, 0.15) is 6.04 Å². The summed E-state index contributed by atoms with van der Waals surface area (Å²) in [6.45, 7) is 0. The second-order valence-electron chi connectivity index (χ2n) is 2.57. The van der Waals surface area contributed by atoms with Gasteiger partial charge in [-0.05, 0) is 0 Å². The topological polar surface area (TPSA) is 92.2 Å².